The Morgan fingerprint density at radius 2 is 1.82 bits per heavy atom. The first-order valence-corrected chi connectivity index (χ1v) is 9.26. The monoisotopic (exact) mass is 398 g/mol. The maximum Gasteiger partial charge on any atom is 0.276 e. The van der Waals surface area contributed by atoms with Crippen molar-refractivity contribution in [3.8, 4) is 17.2 Å². The lowest BCUT2D eigenvalue weighted by Gasteiger charge is -2.14. The first-order chi connectivity index (χ1) is 13.5. The number of nitrogens with zero attached hydrogens (tertiary/aromatic N) is 1. The van der Waals surface area contributed by atoms with Crippen LogP contribution in [0, 0.1) is 0 Å². The normalized spacial score (nSPS) is 15.0. The molecule has 1 aliphatic heterocycles. The Morgan fingerprint density at radius 1 is 1.11 bits per heavy atom. The number of likely N-dealkylation sites (N-methyl/N-ethyl adjacent to an activating group) is 1. The molecule has 1 N–H and O–H groups in total. The number of carbonyl (C=O) groups is 1. The minimum Gasteiger partial charge on any atom is -0.496 e. The topological polar surface area (TPSA) is 60.0 Å². The van der Waals surface area contributed by atoms with Crippen molar-refractivity contribution in [2.24, 2.45) is 0 Å². The number of carbonyl (C=O) groups excluding carboxylic acids is 1. The van der Waals surface area contributed by atoms with Crippen LogP contribution in [0.2, 0.25) is 0 Å². The first-order valence-electron chi connectivity index (χ1n) is 8.85. The van der Waals surface area contributed by atoms with Gasteiger partial charge < -0.3 is 19.5 Å². The van der Waals surface area contributed by atoms with E-state index in [0.29, 0.717) is 41.3 Å². The highest BCUT2D eigenvalue weighted by atomic mass is 32.1. The van der Waals surface area contributed by atoms with Gasteiger partial charge in [0.15, 0.2) is 16.6 Å². The number of hydrogen-bond acceptors (Lipinski definition) is 5. The van der Waals surface area contributed by atoms with Gasteiger partial charge in [-0.15, -0.1) is 0 Å². The van der Waals surface area contributed by atoms with E-state index < -0.39 is 0 Å². The molecule has 0 radical (unpaired) electrons. The van der Waals surface area contributed by atoms with Gasteiger partial charge in [-0.1, -0.05) is 18.2 Å². The van der Waals surface area contributed by atoms with E-state index in [1.807, 2.05) is 49.4 Å². The number of nitrogens with one attached hydrogen (secondary N) is 1. The van der Waals surface area contributed by atoms with Crippen LogP contribution >= 0.6 is 12.2 Å². The standard InChI is InChI=1S/C21H22N2O4S/c1-4-26-18-7-5-6-8-19(18)27-13-15-11-14(9-10-17(15)25-3)12-16-20(24)23(2)21(28)22-16/h5-12H,4,13H2,1-3H3,(H,22,28)/b16-12+. The summed E-state index contributed by atoms with van der Waals surface area (Å²) >= 11 is 5.11. The summed E-state index contributed by atoms with van der Waals surface area (Å²) < 4.78 is 17.0. The van der Waals surface area contributed by atoms with Gasteiger partial charge in [-0.25, -0.2) is 0 Å². The molecule has 0 saturated carbocycles. The van der Waals surface area contributed by atoms with E-state index in [-0.39, 0.29) is 5.91 Å². The molecule has 0 bridgehead atoms. The van der Waals surface area contributed by atoms with Crippen molar-refractivity contribution < 1.29 is 19.0 Å². The molecule has 2 aromatic carbocycles. The van der Waals surface area contributed by atoms with Crippen LogP contribution in [-0.4, -0.2) is 36.7 Å². The van der Waals surface area contributed by atoms with E-state index in [1.54, 1.807) is 20.2 Å². The molecule has 0 atom stereocenters. The lowest BCUT2D eigenvalue weighted by atomic mass is 10.1. The quantitative estimate of drug-likeness (QED) is 0.570. The predicted molar refractivity (Wildman–Crippen MR) is 111 cm³/mol. The molecule has 1 amide bonds. The van der Waals surface area contributed by atoms with Crippen LogP contribution in [0.25, 0.3) is 6.08 Å². The molecule has 6 nitrogen and oxygen atoms in total. The fourth-order valence-corrected chi connectivity index (χ4v) is 2.98. The fourth-order valence-electron chi connectivity index (χ4n) is 2.79. The Bertz CT molecular complexity index is 926. The van der Waals surface area contributed by atoms with E-state index in [9.17, 15) is 4.79 Å². The van der Waals surface area contributed by atoms with Crippen LogP contribution in [0.15, 0.2) is 48.2 Å². The van der Waals surface area contributed by atoms with Gasteiger partial charge in [0, 0.05) is 12.6 Å². The zero-order chi connectivity index (χ0) is 20.1. The van der Waals surface area contributed by atoms with E-state index in [4.69, 9.17) is 26.4 Å². The molecule has 1 fully saturated rings. The number of methoxy groups -OCH3 is 1. The predicted octanol–water partition coefficient (Wildman–Crippen LogP) is 3.36. The zero-order valence-electron chi connectivity index (χ0n) is 16.0. The van der Waals surface area contributed by atoms with E-state index in [0.717, 1.165) is 11.1 Å². The Hall–Kier alpha value is -3.06. The maximum absolute atomic E-state index is 12.2. The molecule has 1 saturated heterocycles. The van der Waals surface area contributed by atoms with Crippen molar-refractivity contribution in [1.29, 1.82) is 0 Å². The number of thiocarbonyl (C=S) groups is 1. The minimum absolute atomic E-state index is 0.163. The van der Waals surface area contributed by atoms with Crippen molar-refractivity contribution in [1.82, 2.24) is 10.2 Å². The molecule has 1 aliphatic rings. The van der Waals surface area contributed by atoms with Crippen LogP contribution in [0.1, 0.15) is 18.1 Å². The Morgan fingerprint density at radius 3 is 2.43 bits per heavy atom. The summed E-state index contributed by atoms with van der Waals surface area (Å²) in [5.41, 5.74) is 2.13. The number of amides is 1. The second-order valence-corrected chi connectivity index (χ2v) is 6.48. The lowest BCUT2D eigenvalue weighted by Crippen LogP contribution is -2.25. The lowest BCUT2D eigenvalue weighted by molar-refractivity contribution is -0.121. The molecule has 7 heteroatoms. The summed E-state index contributed by atoms with van der Waals surface area (Å²) in [6, 6.07) is 13.2. The third-order valence-electron chi connectivity index (χ3n) is 4.23. The van der Waals surface area contributed by atoms with Crippen LogP contribution in [0.5, 0.6) is 17.2 Å². The van der Waals surface area contributed by atoms with Gasteiger partial charge in [0.1, 0.15) is 18.1 Å². The summed E-state index contributed by atoms with van der Waals surface area (Å²) in [6.07, 6.45) is 1.76. The summed E-state index contributed by atoms with van der Waals surface area (Å²) in [5, 5.41) is 3.31. The van der Waals surface area contributed by atoms with Crippen molar-refractivity contribution in [2.75, 3.05) is 20.8 Å². The summed E-state index contributed by atoms with van der Waals surface area (Å²) in [5.74, 6) is 1.90. The molecule has 3 rings (SSSR count). The minimum atomic E-state index is -0.163. The molecule has 146 valence electrons. The Kier molecular flexibility index (Phi) is 6.16. The Balaban J connectivity index is 1.83. The zero-order valence-corrected chi connectivity index (χ0v) is 16.8. The van der Waals surface area contributed by atoms with E-state index in [2.05, 4.69) is 5.32 Å². The molecule has 0 aromatic heterocycles. The largest absolute Gasteiger partial charge is 0.496 e. The van der Waals surface area contributed by atoms with Crippen molar-refractivity contribution in [3.63, 3.8) is 0 Å². The molecular formula is C21H22N2O4S. The number of hydrogen-bond donors (Lipinski definition) is 1. The fraction of sp³-hybridized carbons (Fsp3) is 0.238. The molecule has 2 aromatic rings. The van der Waals surface area contributed by atoms with Crippen LogP contribution in [-0.2, 0) is 11.4 Å². The van der Waals surface area contributed by atoms with Gasteiger partial charge in [0.25, 0.3) is 5.91 Å². The molecule has 0 unspecified atom stereocenters. The van der Waals surface area contributed by atoms with E-state index in [1.165, 1.54) is 4.90 Å². The second-order valence-electron chi connectivity index (χ2n) is 6.09. The highest BCUT2D eigenvalue weighted by molar-refractivity contribution is 7.80. The first kappa shape index (κ1) is 19.7. The van der Waals surface area contributed by atoms with Crippen molar-refractivity contribution in [3.05, 3.63) is 59.3 Å². The van der Waals surface area contributed by atoms with Crippen LogP contribution < -0.4 is 19.5 Å². The number of para-hydroxylation sites is 2. The molecule has 0 aliphatic carbocycles. The van der Waals surface area contributed by atoms with Gasteiger partial charge in [-0.2, -0.15) is 0 Å². The second kappa shape index (κ2) is 8.75. The molecular weight excluding hydrogens is 376 g/mol. The van der Waals surface area contributed by atoms with Crippen molar-refractivity contribution >= 4 is 29.3 Å². The number of ether oxygens (including phenoxy) is 3. The highest BCUT2D eigenvalue weighted by Gasteiger charge is 2.26. The van der Waals surface area contributed by atoms with Gasteiger partial charge in [0.05, 0.1) is 13.7 Å². The van der Waals surface area contributed by atoms with Crippen LogP contribution in [0.4, 0.5) is 0 Å². The maximum atomic E-state index is 12.2. The SMILES string of the molecule is CCOc1ccccc1OCc1cc(/C=C2/NC(=S)N(C)C2=O)ccc1OC. The molecule has 28 heavy (non-hydrogen) atoms. The Labute approximate surface area is 169 Å². The van der Waals surface area contributed by atoms with Gasteiger partial charge in [-0.05, 0) is 55.0 Å². The average molecular weight is 398 g/mol. The van der Waals surface area contributed by atoms with Crippen molar-refractivity contribution in [2.45, 2.75) is 13.5 Å². The number of benzene rings is 2. The highest BCUT2D eigenvalue weighted by Crippen LogP contribution is 2.29. The third-order valence-corrected chi connectivity index (χ3v) is 4.60. The van der Waals surface area contributed by atoms with Gasteiger partial charge >= 0.3 is 0 Å². The van der Waals surface area contributed by atoms with Crippen LogP contribution in [0.3, 0.4) is 0 Å². The summed E-state index contributed by atoms with van der Waals surface area (Å²) in [6.45, 7) is 2.78. The van der Waals surface area contributed by atoms with Gasteiger partial charge in [0.2, 0.25) is 0 Å². The molecule has 1 heterocycles. The number of rotatable bonds is 7. The molecule has 0 spiro atoms. The smallest absolute Gasteiger partial charge is 0.276 e. The van der Waals surface area contributed by atoms with Gasteiger partial charge in [-0.3, -0.25) is 9.69 Å². The summed E-state index contributed by atoms with van der Waals surface area (Å²) in [4.78, 5) is 13.6. The third kappa shape index (κ3) is 4.26. The average Bonchev–Trinajstić information content (AvgIpc) is 2.94. The van der Waals surface area contributed by atoms with E-state index >= 15 is 0 Å². The summed E-state index contributed by atoms with van der Waals surface area (Å²) in [7, 11) is 3.25.